The van der Waals surface area contributed by atoms with Gasteiger partial charge in [0.05, 0.1) is 5.69 Å². The zero-order chi connectivity index (χ0) is 15.5. The number of rotatable bonds is 3. The molecule has 2 aromatic rings. The monoisotopic (exact) mass is 300 g/mol. The summed E-state index contributed by atoms with van der Waals surface area (Å²) in [5.41, 5.74) is 3.49. The Morgan fingerprint density at radius 1 is 1.05 bits per heavy atom. The fourth-order valence-electron chi connectivity index (χ4n) is 2.80. The molecule has 1 fully saturated rings. The van der Waals surface area contributed by atoms with Crippen molar-refractivity contribution in [3.63, 3.8) is 0 Å². The molecule has 114 valence electrons. The molecule has 0 spiro atoms. The average molecular weight is 300 g/mol. The molecule has 0 aromatic heterocycles. The third kappa shape index (κ3) is 3.16. The topological polar surface area (TPSA) is 15.6 Å². The zero-order valence-electron chi connectivity index (χ0n) is 12.5. The molecular weight excluding hydrogens is 282 g/mol. The first-order chi connectivity index (χ1) is 10.6. The smallest absolute Gasteiger partial charge is 0.151 e. The number of hydrogen-bond donors (Lipinski definition) is 0. The molecule has 2 nitrogen and oxygen atoms in total. The second kappa shape index (κ2) is 6.26. The van der Waals surface area contributed by atoms with Gasteiger partial charge in [-0.05, 0) is 55.2 Å². The Balaban J connectivity index is 1.80. The number of halogens is 2. The number of hydrogen-bond acceptors (Lipinski definition) is 2. The maximum absolute atomic E-state index is 13.5. The molecule has 0 amide bonds. The standard InChI is InChI=1S/C18H18F2N2/c1-13-10-14(4-7-18(13)22-8-2-3-9-22)12-21-17-6-5-15(19)11-16(17)20/h4-7,10-12H,2-3,8-9H2,1H3. The van der Waals surface area contributed by atoms with E-state index in [1.54, 1.807) is 6.21 Å². The van der Waals surface area contributed by atoms with Gasteiger partial charge in [-0.2, -0.15) is 0 Å². The summed E-state index contributed by atoms with van der Waals surface area (Å²) in [6, 6.07) is 9.49. The van der Waals surface area contributed by atoms with Gasteiger partial charge in [-0.25, -0.2) is 8.78 Å². The lowest BCUT2D eigenvalue weighted by molar-refractivity contribution is 0.585. The van der Waals surface area contributed by atoms with Crippen molar-refractivity contribution in [2.24, 2.45) is 4.99 Å². The van der Waals surface area contributed by atoms with Gasteiger partial charge in [0.2, 0.25) is 0 Å². The van der Waals surface area contributed by atoms with E-state index in [0.717, 1.165) is 24.7 Å². The van der Waals surface area contributed by atoms with Crippen LogP contribution in [-0.2, 0) is 0 Å². The molecule has 2 aromatic carbocycles. The van der Waals surface area contributed by atoms with Crippen LogP contribution in [0.5, 0.6) is 0 Å². The second-order valence-corrected chi connectivity index (χ2v) is 5.59. The van der Waals surface area contributed by atoms with Gasteiger partial charge in [-0.1, -0.05) is 6.07 Å². The van der Waals surface area contributed by atoms with Crippen LogP contribution in [0.2, 0.25) is 0 Å². The van der Waals surface area contributed by atoms with Gasteiger partial charge in [0.25, 0.3) is 0 Å². The number of aryl methyl sites for hydroxylation is 1. The van der Waals surface area contributed by atoms with Gasteiger partial charge in [0.15, 0.2) is 5.82 Å². The summed E-state index contributed by atoms with van der Waals surface area (Å²) in [6.45, 7) is 4.29. The van der Waals surface area contributed by atoms with Crippen molar-refractivity contribution in [2.45, 2.75) is 19.8 Å². The van der Waals surface area contributed by atoms with E-state index in [4.69, 9.17) is 0 Å². The Morgan fingerprint density at radius 3 is 2.50 bits per heavy atom. The summed E-state index contributed by atoms with van der Waals surface area (Å²) < 4.78 is 26.4. The van der Waals surface area contributed by atoms with Crippen LogP contribution in [0.25, 0.3) is 0 Å². The highest BCUT2D eigenvalue weighted by Gasteiger charge is 2.14. The molecule has 0 saturated carbocycles. The molecule has 0 atom stereocenters. The first-order valence-corrected chi connectivity index (χ1v) is 7.48. The van der Waals surface area contributed by atoms with Crippen molar-refractivity contribution < 1.29 is 8.78 Å². The Kier molecular flexibility index (Phi) is 4.18. The van der Waals surface area contributed by atoms with Gasteiger partial charge in [-0.15, -0.1) is 0 Å². The Labute approximate surface area is 129 Å². The number of anilines is 1. The Bertz CT molecular complexity index is 704. The lowest BCUT2D eigenvalue weighted by Crippen LogP contribution is -2.18. The molecule has 0 unspecified atom stereocenters. The van der Waals surface area contributed by atoms with Gasteiger partial charge in [0, 0.05) is 31.1 Å². The van der Waals surface area contributed by atoms with E-state index in [9.17, 15) is 8.78 Å². The van der Waals surface area contributed by atoms with E-state index in [0.29, 0.717) is 0 Å². The van der Waals surface area contributed by atoms with Crippen LogP contribution in [-0.4, -0.2) is 19.3 Å². The summed E-state index contributed by atoms with van der Waals surface area (Å²) >= 11 is 0. The van der Waals surface area contributed by atoms with E-state index in [1.165, 1.54) is 36.2 Å². The Morgan fingerprint density at radius 2 is 1.82 bits per heavy atom. The minimum Gasteiger partial charge on any atom is -0.371 e. The third-order valence-corrected chi connectivity index (χ3v) is 3.93. The predicted molar refractivity (Wildman–Crippen MR) is 86.2 cm³/mol. The van der Waals surface area contributed by atoms with Crippen molar-refractivity contribution in [3.05, 3.63) is 59.2 Å². The summed E-state index contributed by atoms with van der Waals surface area (Å²) in [5.74, 6) is -1.25. The number of benzene rings is 2. The highest BCUT2D eigenvalue weighted by atomic mass is 19.1. The normalized spacial score (nSPS) is 15.0. The highest BCUT2D eigenvalue weighted by molar-refractivity contribution is 5.83. The van der Waals surface area contributed by atoms with Gasteiger partial charge < -0.3 is 4.90 Å². The lowest BCUT2D eigenvalue weighted by atomic mass is 10.1. The molecule has 4 heteroatoms. The molecule has 0 N–H and O–H groups in total. The molecule has 0 bridgehead atoms. The summed E-state index contributed by atoms with van der Waals surface area (Å²) in [4.78, 5) is 6.49. The molecule has 1 aliphatic heterocycles. The van der Waals surface area contributed by atoms with Crippen LogP contribution in [0, 0.1) is 18.6 Å². The first kappa shape index (κ1) is 14.7. The zero-order valence-corrected chi connectivity index (χ0v) is 12.5. The summed E-state index contributed by atoms with van der Waals surface area (Å²) in [7, 11) is 0. The van der Waals surface area contributed by atoms with E-state index in [1.807, 2.05) is 12.1 Å². The molecular formula is C18H18F2N2. The third-order valence-electron chi connectivity index (χ3n) is 3.93. The molecule has 0 aliphatic carbocycles. The SMILES string of the molecule is Cc1cc(C=Nc2ccc(F)cc2F)ccc1N1CCCC1. The van der Waals surface area contributed by atoms with Crippen LogP contribution in [0.3, 0.4) is 0 Å². The number of aliphatic imine (C=N–C) groups is 1. The van der Waals surface area contributed by atoms with Crippen molar-refractivity contribution in [2.75, 3.05) is 18.0 Å². The first-order valence-electron chi connectivity index (χ1n) is 7.48. The molecule has 1 aliphatic rings. The van der Waals surface area contributed by atoms with E-state index < -0.39 is 11.6 Å². The van der Waals surface area contributed by atoms with E-state index in [2.05, 4.69) is 22.9 Å². The quantitative estimate of drug-likeness (QED) is 0.755. The molecule has 3 rings (SSSR count). The minimum absolute atomic E-state index is 0.141. The Hall–Kier alpha value is -2.23. The number of nitrogens with zero attached hydrogens (tertiary/aromatic N) is 2. The van der Waals surface area contributed by atoms with Crippen molar-refractivity contribution >= 4 is 17.6 Å². The van der Waals surface area contributed by atoms with Gasteiger partial charge in [-0.3, -0.25) is 4.99 Å². The summed E-state index contributed by atoms with van der Waals surface area (Å²) in [5, 5.41) is 0. The largest absolute Gasteiger partial charge is 0.371 e. The van der Waals surface area contributed by atoms with Crippen LogP contribution in [0.4, 0.5) is 20.2 Å². The molecule has 1 saturated heterocycles. The van der Waals surface area contributed by atoms with E-state index in [-0.39, 0.29) is 5.69 Å². The second-order valence-electron chi connectivity index (χ2n) is 5.59. The van der Waals surface area contributed by atoms with Crippen molar-refractivity contribution in [1.82, 2.24) is 0 Å². The maximum atomic E-state index is 13.5. The molecule has 0 radical (unpaired) electrons. The highest BCUT2D eigenvalue weighted by Crippen LogP contribution is 2.25. The van der Waals surface area contributed by atoms with Crippen LogP contribution < -0.4 is 4.90 Å². The lowest BCUT2D eigenvalue weighted by Gasteiger charge is -2.20. The van der Waals surface area contributed by atoms with E-state index >= 15 is 0 Å². The molecule has 22 heavy (non-hydrogen) atoms. The fourth-order valence-corrected chi connectivity index (χ4v) is 2.80. The average Bonchev–Trinajstić information content (AvgIpc) is 3.00. The van der Waals surface area contributed by atoms with Crippen LogP contribution in [0.1, 0.15) is 24.0 Å². The van der Waals surface area contributed by atoms with Crippen LogP contribution in [0.15, 0.2) is 41.4 Å². The van der Waals surface area contributed by atoms with Crippen molar-refractivity contribution in [3.8, 4) is 0 Å². The maximum Gasteiger partial charge on any atom is 0.151 e. The molecule has 1 heterocycles. The summed E-state index contributed by atoms with van der Waals surface area (Å²) in [6.07, 6.45) is 4.09. The minimum atomic E-state index is -0.651. The van der Waals surface area contributed by atoms with Crippen LogP contribution >= 0.6 is 0 Å². The van der Waals surface area contributed by atoms with Gasteiger partial charge in [0.1, 0.15) is 5.82 Å². The van der Waals surface area contributed by atoms with Crippen molar-refractivity contribution in [1.29, 1.82) is 0 Å². The fraction of sp³-hybridized carbons (Fsp3) is 0.278. The van der Waals surface area contributed by atoms with Gasteiger partial charge >= 0.3 is 0 Å². The predicted octanol–water partition coefficient (Wildman–Crippen LogP) is 4.62.